The van der Waals surface area contributed by atoms with Crippen molar-refractivity contribution >= 4 is 30.0 Å². The van der Waals surface area contributed by atoms with Gasteiger partial charge in [-0.25, -0.2) is 0 Å². The van der Waals surface area contributed by atoms with Crippen molar-refractivity contribution in [2.24, 2.45) is 0 Å². The third-order valence-electron chi connectivity index (χ3n) is 4.30. The fraction of sp³-hybridized carbons (Fsp3) is 0.100. The molecule has 0 saturated carbocycles. The van der Waals surface area contributed by atoms with E-state index in [0.717, 1.165) is 21.6 Å². The largest absolute Gasteiger partial charge is 0.295 e. The second-order valence-electron chi connectivity index (χ2n) is 7.10. The van der Waals surface area contributed by atoms with Crippen LogP contribution in [0.5, 0.6) is 0 Å². The summed E-state index contributed by atoms with van der Waals surface area (Å²) in [5.41, 5.74) is 2.33. The van der Waals surface area contributed by atoms with Crippen LogP contribution < -0.4 is 0 Å². The van der Waals surface area contributed by atoms with E-state index >= 15 is 0 Å². The lowest BCUT2D eigenvalue weighted by Gasteiger charge is -1.89. The van der Waals surface area contributed by atoms with Crippen LogP contribution in [0.1, 0.15) is 51.8 Å². The number of hydrogen-bond acceptors (Lipinski definition) is 4. The van der Waals surface area contributed by atoms with Crippen molar-refractivity contribution in [2.75, 3.05) is 0 Å². The Morgan fingerprint density at radius 3 is 0.735 bits per heavy atom. The fourth-order valence-corrected chi connectivity index (χ4v) is 2.62. The van der Waals surface area contributed by atoms with Gasteiger partial charge in [0.1, 0.15) is 0 Å². The van der Waals surface area contributed by atoms with Gasteiger partial charge in [-0.1, -0.05) is 109 Å². The highest BCUT2D eigenvalue weighted by atomic mass is 32.1. The molecule has 4 rings (SSSR count). The van der Waals surface area contributed by atoms with E-state index in [1.54, 1.807) is 20.8 Å². The zero-order valence-electron chi connectivity index (χ0n) is 19.7. The van der Waals surface area contributed by atoms with Crippen molar-refractivity contribution in [3.8, 4) is 0 Å². The second-order valence-corrected chi connectivity index (χ2v) is 7.62. The van der Waals surface area contributed by atoms with Crippen LogP contribution in [0.3, 0.4) is 0 Å². The van der Waals surface area contributed by atoms with Crippen LogP contribution in [0, 0.1) is 0 Å². The molecule has 0 spiro atoms. The number of hydrogen-bond donors (Lipinski definition) is 1. The Kier molecular flexibility index (Phi) is 14.0. The maximum atomic E-state index is 10.6. The van der Waals surface area contributed by atoms with Gasteiger partial charge < -0.3 is 0 Å². The molecule has 0 atom stereocenters. The molecule has 0 radical (unpaired) electrons. The topological polar surface area (TPSA) is 51.2 Å². The van der Waals surface area contributed by atoms with Gasteiger partial charge >= 0.3 is 0 Å². The first kappa shape index (κ1) is 28.3. The molecule has 4 heteroatoms. The first-order valence-electron chi connectivity index (χ1n) is 10.7. The summed E-state index contributed by atoms with van der Waals surface area (Å²) in [5.74, 6) is 0.363. The number of Topliss-reactive ketones (excluding diaryl/α,β-unsaturated/α-hetero) is 3. The Morgan fingerprint density at radius 1 is 0.412 bits per heavy atom. The molecule has 0 unspecified atom stereocenters. The van der Waals surface area contributed by atoms with Gasteiger partial charge in [0, 0.05) is 21.6 Å². The van der Waals surface area contributed by atoms with Gasteiger partial charge in [-0.05, 0) is 32.9 Å². The standard InChI is InChI=1S/3C8H8O.C6H6S/c3*1-7(9)8-5-3-2-4-6-8;7-6-4-2-1-3-5-6/h3*2-6H,1H3;1-5,7H. The molecule has 34 heavy (non-hydrogen) atoms. The van der Waals surface area contributed by atoms with Crippen LogP contribution >= 0.6 is 12.6 Å². The Bertz CT molecular complexity index is 993. The van der Waals surface area contributed by atoms with Gasteiger partial charge in [-0.15, -0.1) is 12.6 Å². The monoisotopic (exact) mass is 470 g/mol. The molecule has 0 bridgehead atoms. The van der Waals surface area contributed by atoms with Crippen molar-refractivity contribution in [3.63, 3.8) is 0 Å². The Balaban J connectivity index is 0.000000228. The lowest BCUT2D eigenvalue weighted by atomic mass is 10.2. The van der Waals surface area contributed by atoms with Crippen molar-refractivity contribution in [1.82, 2.24) is 0 Å². The number of rotatable bonds is 3. The van der Waals surface area contributed by atoms with Gasteiger partial charge in [0.25, 0.3) is 0 Å². The third-order valence-corrected chi connectivity index (χ3v) is 4.60. The molecule has 4 aromatic carbocycles. The predicted molar refractivity (Wildman–Crippen MR) is 143 cm³/mol. The zero-order valence-corrected chi connectivity index (χ0v) is 20.6. The van der Waals surface area contributed by atoms with Gasteiger partial charge in [0.05, 0.1) is 0 Å². The SMILES string of the molecule is CC(=O)c1ccccc1.CC(=O)c1ccccc1.CC(=O)c1ccccc1.Sc1ccccc1. The summed E-state index contributed by atoms with van der Waals surface area (Å²) in [6.07, 6.45) is 0. The summed E-state index contributed by atoms with van der Waals surface area (Å²) in [5, 5.41) is 0. The Labute approximate surface area is 207 Å². The van der Waals surface area contributed by atoms with E-state index in [1.165, 1.54) is 0 Å². The summed E-state index contributed by atoms with van der Waals surface area (Å²) in [7, 11) is 0. The summed E-state index contributed by atoms with van der Waals surface area (Å²) >= 11 is 4.08. The number of carbonyl (C=O) groups excluding carboxylic acids is 3. The average molecular weight is 471 g/mol. The number of ketones is 3. The molecule has 0 aliphatic rings. The summed E-state index contributed by atoms with van der Waals surface area (Å²) < 4.78 is 0. The van der Waals surface area contributed by atoms with Gasteiger partial charge in [0.2, 0.25) is 0 Å². The van der Waals surface area contributed by atoms with Crippen molar-refractivity contribution in [3.05, 3.63) is 138 Å². The fourth-order valence-electron chi connectivity index (χ4n) is 2.45. The highest BCUT2D eigenvalue weighted by Gasteiger charge is 1.94. The van der Waals surface area contributed by atoms with Crippen LogP contribution in [0.25, 0.3) is 0 Å². The lowest BCUT2D eigenvalue weighted by Crippen LogP contribution is -1.88. The smallest absolute Gasteiger partial charge is 0.159 e. The molecule has 0 aromatic heterocycles. The van der Waals surface area contributed by atoms with Crippen LogP contribution in [0.4, 0.5) is 0 Å². The minimum absolute atomic E-state index is 0.121. The molecule has 0 amide bonds. The zero-order chi connectivity index (χ0) is 25.2. The van der Waals surface area contributed by atoms with Gasteiger partial charge in [0.15, 0.2) is 17.3 Å². The first-order chi connectivity index (χ1) is 16.3. The molecule has 174 valence electrons. The third kappa shape index (κ3) is 12.9. The van der Waals surface area contributed by atoms with E-state index < -0.39 is 0 Å². The van der Waals surface area contributed by atoms with Crippen molar-refractivity contribution < 1.29 is 14.4 Å². The molecular formula is C30H30O3S. The number of benzene rings is 4. The van der Waals surface area contributed by atoms with Crippen molar-refractivity contribution in [2.45, 2.75) is 25.7 Å². The van der Waals surface area contributed by atoms with Gasteiger partial charge in [-0.2, -0.15) is 0 Å². The van der Waals surface area contributed by atoms with Crippen LogP contribution in [-0.4, -0.2) is 17.3 Å². The molecule has 0 aliphatic carbocycles. The summed E-state index contributed by atoms with van der Waals surface area (Å²) in [6, 6.07) is 37.5. The lowest BCUT2D eigenvalue weighted by molar-refractivity contribution is 0.100. The number of carbonyl (C=O) groups is 3. The van der Waals surface area contributed by atoms with Crippen molar-refractivity contribution in [1.29, 1.82) is 0 Å². The molecule has 3 nitrogen and oxygen atoms in total. The normalized spacial score (nSPS) is 8.94. The molecule has 0 fully saturated rings. The minimum atomic E-state index is 0.121. The maximum Gasteiger partial charge on any atom is 0.159 e. The second kappa shape index (κ2) is 16.8. The van der Waals surface area contributed by atoms with E-state index in [1.807, 2.05) is 121 Å². The van der Waals surface area contributed by atoms with Crippen LogP contribution in [0.15, 0.2) is 126 Å². The Hall–Kier alpha value is -3.76. The van der Waals surface area contributed by atoms with E-state index in [4.69, 9.17) is 0 Å². The van der Waals surface area contributed by atoms with E-state index in [9.17, 15) is 14.4 Å². The Morgan fingerprint density at radius 2 is 0.618 bits per heavy atom. The van der Waals surface area contributed by atoms with Crippen LogP contribution in [0.2, 0.25) is 0 Å². The quantitative estimate of drug-likeness (QED) is 0.247. The summed E-state index contributed by atoms with van der Waals surface area (Å²) in [6.45, 7) is 4.69. The van der Waals surface area contributed by atoms with Crippen LogP contribution in [-0.2, 0) is 0 Å². The highest BCUT2D eigenvalue weighted by Crippen LogP contribution is 2.01. The summed E-state index contributed by atoms with van der Waals surface area (Å²) in [4.78, 5) is 33.0. The molecule has 0 aliphatic heterocycles. The van der Waals surface area contributed by atoms with E-state index in [0.29, 0.717) is 0 Å². The molecule has 0 saturated heterocycles. The van der Waals surface area contributed by atoms with E-state index in [2.05, 4.69) is 12.6 Å². The van der Waals surface area contributed by atoms with Gasteiger partial charge in [-0.3, -0.25) is 14.4 Å². The molecule has 4 aromatic rings. The van der Waals surface area contributed by atoms with E-state index in [-0.39, 0.29) is 17.3 Å². The number of thiol groups is 1. The average Bonchev–Trinajstić information content (AvgIpc) is 2.87. The maximum absolute atomic E-state index is 10.6. The first-order valence-corrected chi connectivity index (χ1v) is 11.2. The molecule has 0 heterocycles. The predicted octanol–water partition coefficient (Wildman–Crippen LogP) is 7.64. The molecule has 0 N–H and O–H groups in total. The highest BCUT2D eigenvalue weighted by molar-refractivity contribution is 7.80. The minimum Gasteiger partial charge on any atom is -0.295 e. The molecular weight excluding hydrogens is 440 g/mol.